The predicted octanol–water partition coefficient (Wildman–Crippen LogP) is 1.93. The van der Waals surface area contributed by atoms with Crippen LogP contribution in [0.15, 0.2) is 10.7 Å². The molecule has 1 aromatic heterocycles. The van der Waals surface area contributed by atoms with Crippen molar-refractivity contribution in [2.24, 2.45) is 0 Å². The lowest BCUT2D eigenvalue weighted by atomic mass is 10.2. The van der Waals surface area contributed by atoms with Crippen LogP contribution in [0.4, 0.5) is 6.01 Å². The van der Waals surface area contributed by atoms with Crippen LogP contribution in [0.25, 0.3) is 0 Å². The summed E-state index contributed by atoms with van der Waals surface area (Å²) in [5, 5.41) is 0. The molecule has 5 nitrogen and oxygen atoms in total. The molecule has 6 heteroatoms. The van der Waals surface area contributed by atoms with Gasteiger partial charge >= 0.3 is 0 Å². The average molecular weight is 274 g/mol. The molecule has 0 unspecified atom stereocenters. The van der Waals surface area contributed by atoms with Crippen molar-refractivity contribution in [1.82, 2.24) is 9.88 Å². The normalized spacial score (nSPS) is 10.8. The smallest absolute Gasteiger partial charge is 0.297 e. The number of hydrogen-bond acceptors (Lipinski definition) is 4. The van der Waals surface area contributed by atoms with E-state index in [1.807, 2.05) is 11.9 Å². The number of carbonyl (C=O) groups is 1. The summed E-state index contributed by atoms with van der Waals surface area (Å²) >= 11 is 5.48. The van der Waals surface area contributed by atoms with E-state index in [2.05, 4.69) is 18.8 Å². The molecular formula is C12H20ClN3O2. The van der Waals surface area contributed by atoms with Crippen LogP contribution in [-0.4, -0.2) is 48.9 Å². The molecule has 0 saturated heterocycles. The standard InChI is InChI=1S/C12H20ClN3O2/c1-9(2)10-8-18-12(14-10)16(4)6-5-15(3)11(17)7-13/h8-9H,5-7H2,1-4H3. The number of carbonyl (C=O) groups excluding carboxylic acids is 1. The Bertz CT molecular complexity index is 392. The highest BCUT2D eigenvalue weighted by Crippen LogP contribution is 2.18. The first-order chi connectivity index (χ1) is 8.45. The van der Waals surface area contributed by atoms with Crippen molar-refractivity contribution >= 4 is 23.5 Å². The molecule has 0 aliphatic heterocycles. The van der Waals surface area contributed by atoms with Gasteiger partial charge in [-0.3, -0.25) is 4.79 Å². The van der Waals surface area contributed by atoms with Crippen LogP contribution in [0.3, 0.4) is 0 Å². The molecule has 0 aliphatic rings. The average Bonchev–Trinajstić information content (AvgIpc) is 2.84. The highest BCUT2D eigenvalue weighted by molar-refractivity contribution is 6.27. The van der Waals surface area contributed by atoms with Gasteiger partial charge in [0.2, 0.25) is 5.91 Å². The Balaban J connectivity index is 2.49. The summed E-state index contributed by atoms with van der Waals surface area (Å²) < 4.78 is 5.39. The SMILES string of the molecule is CC(C)c1coc(N(C)CCN(C)C(=O)CCl)n1. The van der Waals surface area contributed by atoms with E-state index in [0.29, 0.717) is 25.0 Å². The van der Waals surface area contributed by atoms with E-state index in [1.165, 1.54) is 0 Å². The summed E-state index contributed by atoms with van der Waals surface area (Å²) in [7, 11) is 3.61. The zero-order chi connectivity index (χ0) is 13.7. The van der Waals surface area contributed by atoms with Crippen molar-refractivity contribution in [2.45, 2.75) is 19.8 Å². The van der Waals surface area contributed by atoms with E-state index in [1.54, 1.807) is 18.2 Å². The molecule has 1 heterocycles. The number of oxazole rings is 1. The van der Waals surface area contributed by atoms with Gasteiger partial charge in [0.25, 0.3) is 6.01 Å². The van der Waals surface area contributed by atoms with E-state index in [-0.39, 0.29) is 11.8 Å². The lowest BCUT2D eigenvalue weighted by Gasteiger charge is -2.20. The van der Waals surface area contributed by atoms with Gasteiger partial charge in [0.15, 0.2) is 0 Å². The first-order valence-electron chi connectivity index (χ1n) is 5.92. The van der Waals surface area contributed by atoms with Crippen LogP contribution in [0.2, 0.25) is 0 Å². The van der Waals surface area contributed by atoms with Gasteiger partial charge < -0.3 is 14.2 Å². The first-order valence-corrected chi connectivity index (χ1v) is 6.45. The molecule has 1 rings (SSSR count). The second-order valence-corrected chi connectivity index (χ2v) is 4.85. The zero-order valence-electron chi connectivity index (χ0n) is 11.3. The lowest BCUT2D eigenvalue weighted by molar-refractivity contribution is -0.127. The van der Waals surface area contributed by atoms with Crippen molar-refractivity contribution < 1.29 is 9.21 Å². The Morgan fingerprint density at radius 2 is 2.11 bits per heavy atom. The second kappa shape index (κ2) is 6.64. The molecule has 0 bridgehead atoms. The van der Waals surface area contributed by atoms with Crippen LogP contribution in [0.5, 0.6) is 0 Å². The predicted molar refractivity (Wildman–Crippen MR) is 72.2 cm³/mol. The fourth-order valence-corrected chi connectivity index (χ4v) is 1.54. The monoisotopic (exact) mass is 273 g/mol. The molecule has 0 fully saturated rings. The zero-order valence-corrected chi connectivity index (χ0v) is 12.1. The quantitative estimate of drug-likeness (QED) is 0.743. The third-order valence-corrected chi connectivity index (χ3v) is 2.97. The van der Waals surface area contributed by atoms with Gasteiger partial charge in [0.05, 0.1) is 5.69 Å². The molecule has 1 amide bonds. The van der Waals surface area contributed by atoms with Gasteiger partial charge in [-0.2, -0.15) is 4.98 Å². The molecule has 0 spiro atoms. The number of halogens is 1. The summed E-state index contributed by atoms with van der Waals surface area (Å²) in [6, 6.07) is 0.574. The molecule has 102 valence electrons. The third kappa shape index (κ3) is 3.91. The fraction of sp³-hybridized carbons (Fsp3) is 0.667. The molecule has 0 radical (unpaired) electrons. The minimum Gasteiger partial charge on any atom is -0.432 e. The summed E-state index contributed by atoms with van der Waals surface area (Å²) in [6.45, 7) is 5.36. The van der Waals surface area contributed by atoms with Crippen molar-refractivity contribution in [2.75, 3.05) is 38.0 Å². The molecule has 0 atom stereocenters. The van der Waals surface area contributed by atoms with Crippen LogP contribution in [0, 0.1) is 0 Å². The summed E-state index contributed by atoms with van der Waals surface area (Å²) in [5.74, 6) is 0.271. The fourth-order valence-electron chi connectivity index (χ4n) is 1.34. The number of nitrogens with zero attached hydrogens (tertiary/aromatic N) is 3. The van der Waals surface area contributed by atoms with Crippen LogP contribution < -0.4 is 4.90 Å². The summed E-state index contributed by atoms with van der Waals surface area (Å²) in [4.78, 5) is 19.1. The van der Waals surface area contributed by atoms with E-state index in [0.717, 1.165) is 5.69 Å². The maximum absolute atomic E-state index is 11.3. The minimum atomic E-state index is -0.0830. The topological polar surface area (TPSA) is 49.6 Å². The molecule has 0 saturated carbocycles. The van der Waals surface area contributed by atoms with Crippen LogP contribution in [-0.2, 0) is 4.79 Å². The third-order valence-electron chi connectivity index (χ3n) is 2.74. The van der Waals surface area contributed by atoms with Gasteiger partial charge in [-0.25, -0.2) is 0 Å². The van der Waals surface area contributed by atoms with Gasteiger partial charge in [0, 0.05) is 27.2 Å². The van der Waals surface area contributed by atoms with Crippen molar-refractivity contribution in [3.63, 3.8) is 0 Å². The number of likely N-dealkylation sites (N-methyl/N-ethyl adjacent to an activating group) is 2. The lowest BCUT2D eigenvalue weighted by Crippen LogP contribution is -2.35. The van der Waals surface area contributed by atoms with Crippen LogP contribution >= 0.6 is 11.6 Å². The van der Waals surface area contributed by atoms with Gasteiger partial charge in [-0.05, 0) is 5.92 Å². The van der Waals surface area contributed by atoms with E-state index in [9.17, 15) is 4.79 Å². The number of rotatable bonds is 6. The van der Waals surface area contributed by atoms with Crippen molar-refractivity contribution in [3.05, 3.63) is 12.0 Å². The van der Waals surface area contributed by atoms with Gasteiger partial charge in [-0.15, -0.1) is 11.6 Å². The molecular weight excluding hydrogens is 254 g/mol. The highest BCUT2D eigenvalue weighted by Gasteiger charge is 2.13. The molecule has 1 aromatic rings. The van der Waals surface area contributed by atoms with Gasteiger partial charge in [0.1, 0.15) is 12.1 Å². The Labute approximate surface area is 113 Å². The Hall–Kier alpha value is -1.23. The molecule has 0 aliphatic carbocycles. The highest BCUT2D eigenvalue weighted by atomic mass is 35.5. The maximum Gasteiger partial charge on any atom is 0.297 e. The number of amides is 1. The number of anilines is 1. The molecule has 0 N–H and O–H groups in total. The summed E-state index contributed by atoms with van der Waals surface area (Å²) in [6.07, 6.45) is 1.67. The van der Waals surface area contributed by atoms with E-state index < -0.39 is 0 Å². The molecule has 0 aromatic carbocycles. The van der Waals surface area contributed by atoms with Crippen molar-refractivity contribution in [1.29, 1.82) is 0 Å². The van der Waals surface area contributed by atoms with E-state index in [4.69, 9.17) is 16.0 Å². The number of aromatic nitrogens is 1. The second-order valence-electron chi connectivity index (χ2n) is 4.58. The Morgan fingerprint density at radius 1 is 1.44 bits per heavy atom. The largest absolute Gasteiger partial charge is 0.432 e. The van der Waals surface area contributed by atoms with E-state index >= 15 is 0 Å². The van der Waals surface area contributed by atoms with Crippen molar-refractivity contribution in [3.8, 4) is 0 Å². The van der Waals surface area contributed by atoms with Gasteiger partial charge in [-0.1, -0.05) is 13.8 Å². The number of alkyl halides is 1. The summed E-state index contributed by atoms with van der Waals surface area (Å²) in [5.41, 5.74) is 0.932. The minimum absolute atomic E-state index is 0.0106. The maximum atomic E-state index is 11.3. The Kier molecular flexibility index (Phi) is 5.47. The van der Waals surface area contributed by atoms with Crippen LogP contribution in [0.1, 0.15) is 25.5 Å². The Morgan fingerprint density at radius 3 is 2.61 bits per heavy atom. The number of hydrogen-bond donors (Lipinski definition) is 0. The first kappa shape index (κ1) is 14.8. The molecule has 18 heavy (non-hydrogen) atoms.